The van der Waals surface area contributed by atoms with Crippen molar-refractivity contribution < 1.29 is 61.8 Å². The molecule has 0 radical (unpaired) electrons. The molecule has 7 amide bonds. The number of nitrogens with one attached hydrogen (secondary N) is 5. The van der Waals surface area contributed by atoms with Gasteiger partial charge in [-0.25, -0.2) is 0 Å². The maximum atomic E-state index is 13.3. The third kappa shape index (κ3) is 19.0. The summed E-state index contributed by atoms with van der Waals surface area (Å²) in [6, 6.07) is 68.5. The Morgan fingerprint density at radius 1 is 0.398 bits per heavy atom. The second kappa shape index (κ2) is 38.6. The molecule has 12 saturated heterocycles. The van der Waals surface area contributed by atoms with Crippen LogP contribution in [0, 0.1) is 0 Å². The lowest BCUT2D eigenvalue weighted by atomic mass is 9.75. The Bertz CT molecular complexity index is 5780. The third-order valence-corrected chi connectivity index (χ3v) is 29.4. The van der Waals surface area contributed by atoms with Crippen LogP contribution in [0.2, 0.25) is 0 Å². The lowest BCUT2D eigenvalue weighted by Gasteiger charge is -2.52. The summed E-state index contributed by atoms with van der Waals surface area (Å²) in [5, 5.41) is 19.9. The number of anilines is 3. The first-order valence-corrected chi connectivity index (χ1v) is 47.1. The van der Waals surface area contributed by atoms with Crippen LogP contribution in [0.15, 0.2) is 188 Å². The van der Waals surface area contributed by atoms with E-state index in [1.807, 2.05) is 119 Å². The van der Waals surface area contributed by atoms with E-state index in [1.165, 1.54) is 70.0 Å². The van der Waals surface area contributed by atoms with Crippen LogP contribution < -0.4 is 36.9 Å². The Labute approximate surface area is 769 Å². The number of piperidine rings is 2. The zero-order valence-electron chi connectivity index (χ0n) is 72.3. The van der Waals surface area contributed by atoms with Crippen molar-refractivity contribution in [3.63, 3.8) is 0 Å². The van der Waals surface area contributed by atoms with Crippen LogP contribution >= 0.6 is 50.7 Å². The van der Waals surface area contributed by atoms with E-state index < -0.39 is 19.1 Å². The van der Waals surface area contributed by atoms with Gasteiger partial charge in [0.15, 0.2) is 0 Å². The van der Waals surface area contributed by atoms with Crippen molar-refractivity contribution in [2.45, 2.75) is 200 Å². The molecule has 8 bridgehead atoms. The van der Waals surface area contributed by atoms with Gasteiger partial charge in [0, 0.05) is 143 Å². The number of alkyl halides is 4. The number of halogens is 4. The average molecular weight is 1850 g/mol. The highest BCUT2D eigenvalue weighted by molar-refractivity contribution is 9.10. The Morgan fingerprint density at radius 3 is 1.17 bits per heavy atom. The van der Waals surface area contributed by atoms with Crippen LogP contribution in [0.4, 0.5) is 17.1 Å². The number of nitrogens with zero attached hydrogens (tertiary/aromatic N) is 4. The summed E-state index contributed by atoms with van der Waals surface area (Å²) in [6.07, 6.45) is 8.49. The molecule has 128 heavy (non-hydrogen) atoms. The fraction of sp³-hybridized carbons (Fsp3) is 0.396. The molecule has 15 heterocycles. The largest absolute Gasteiger partial charge is 0.495 e. The first-order valence-electron chi connectivity index (χ1n) is 44.6. The normalized spacial score (nSPS) is 24.8. The Balaban J connectivity index is 0.000000108. The van der Waals surface area contributed by atoms with Gasteiger partial charge < -0.3 is 44.2 Å². The highest BCUT2D eigenvalue weighted by atomic mass is 79.9. The second-order valence-electron chi connectivity index (χ2n) is 36.6. The van der Waals surface area contributed by atoms with Crippen molar-refractivity contribution >= 4 is 154 Å². The number of morpholine rings is 4. The molecule has 0 spiro atoms. The van der Waals surface area contributed by atoms with Crippen LogP contribution in [0.5, 0.6) is 0 Å². The van der Waals surface area contributed by atoms with Gasteiger partial charge in [-0.1, -0.05) is 168 Å². The van der Waals surface area contributed by atoms with E-state index in [-0.39, 0.29) is 57.9 Å². The first kappa shape index (κ1) is 89.3. The van der Waals surface area contributed by atoms with Crippen molar-refractivity contribution in [1.82, 2.24) is 30.7 Å². The molecule has 10 aromatic carbocycles. The molecule has 5 N–H and O–H groups in total. The number of carbonyl (C=O) groups excluding carboxylic acids is 7. The smallest absolute Gasteiger partial charge is 0.399 e. The zero-order chi connectivity index (χ0) is 88.6. The van der Waals surface area contributed by atoms with Crippen LogP contribution in [-0.2, 0) is 97.6 Å². The van der Waals surface area contributed by atoms with Crippen LogP contribution in [-0.4, -0.2) is 186 Å². The zero-order valence-corrected chi connectivity index (χ0v) is 76.2. The molecule has 0 aliphatic carbocycles. The van der Waals surface area contributed by atoms with Crippen molar-refractivity contribution in [1.29, 1.82) is 0 Å². The predicted molar refractivity (Wildman–Crippen MR) is 503 cm³/mol. The molecule has 0 aromatic heterocycles. The van der Waals surface area contributed by atoms with E-state index in [1.54, 1.807) is 4.90 Å². The molecule has 15 aliphatic rings. The lowest BCUT2D eigenvalue weighted by molar-refractivity contribution is -0.135. The van der Waals surface area contributed by atoms with Crippen LogP contribution in [0.3, 0.4) is 0 Å². The minimum Gasteiger partial charge on any atom is -0.399 e. The monoisotopic (exact) mass is 1850 g/mol. The van der Waals surface area contributed by atoms with Crippen LogP contribution in [0.1, 0.15) is 166 Å². The van der Waals surface area contributed by atoms with Gasteiger partial charge in [0.05, 0.1) is 74.6 Å². The standard InChI is InChI=1S/C29H27N3O4.C24H22N2O2.C17H18BNO3.C13H16ClNO.C8H8Cl2.C5H6BrNO2.C5H9NO/c33-26-11-10-25(28(34)30-26)32-24-9-8-19(22-2-1-3-23(27(22)24)29(32)35)12-17-4-6-18(7-5-17)14-31-20-13-21(31)16-36-15-20;27-24-21-3-1-2-20-17(8-9-22(25-24)23(20)21)10-15-4-6-16(7-5-15)12-26-18-11-19(26)14-28-13-18;1-16(2)17(3,4)22-18(21-16)12-8-9-13-14-10(12)6-5-7-11(14)15(20)19-13;14-6-10-1-3-11(4-2-10)7-15-12-5-13(15)9-16-8-12;9-5-7-1-2-8(6-10)4-3-7;6-3-1-2-4(8)7-5(3)9;1-4-2-7-3-5(1)6-4/h1-9,20-21,25H,10-16H2,(H,30,33,34);1-9,18-19H,10-14H2,(H,25,27);5-9H,1-4H3,(H,19,20);1-4,12-13H,5-9H2;1-4H,5-6H2;3H,1-2H2,(H,7,8,9);4-6H,1-3H2. The van der Waals surface area contributed by atoms with Gasteiger partial charge in [-0.05, 0) is 193 Å². The number of imide groups is 2. The maximum Gasteiger partial charge on any atom is 0.495 e. The molecular formula is C101H106BBrCl3N9O13. The second-order valence-corrected chi connectivity index (χ2v) is 38.5. The number of rotatable bonds is 15. The van der Waals surface area contributed by atoms with Gasteiger partial charge in [0.25, 0.3) is 17.7 Å². The lowest BCUT2D eigenvalue weighted by Crippen LogP contribution is -2.62. The van der Waals surface area contributed by atoms with Crippen LogP contribution in [0.25, 0.3) is 32.3 Å². The number of benzene rings is 10. The Morgan fingerprint density at radius 2 is 0.773 bits per heavy atom. The van der Waals surface area contributed by atoms with Gasteiger partial charge in [-0.3, -0.25) is 63.8 Å². The van der Waals surface area contributed by atoms with Gasteiger partial charge in [0.2, 0.25) is 23.6 Å². The molecular weight excluding hydrogens is 1740 g/mol. The summed E-state index contributed by atoms with van der Waals surface area (Å²) in [5.74, 6) is 0.450. The predicted octanol–water partition coefficient (Wildman–Crippen LogP) is 15.3. The summed E-state index contributed by atoms with van der Waals surface area (Å²) in [5.41, 5.74) is 17.3. The van der Waals surface area contributed by atoms with E-state index in [4.69, 9.17) is 63.1 Å². The Hall–Kier alpha value is -9.32. The Kier molecular flexibility index (Phi) is 26.9. The summed E-state index contributed by atoms with van der Waals surface area (Å²) in [6.45, 7) is 18.4. The molecule has 10 aromatic rings. The van der Waals surface area contributed by atoms with E-state index in [2.05, 4.69) is 154 Å². The molecule has 10 unspecified atom stereocenters. The van der Waals surface area contributed by atoms with E-state index in [0.29, 0.717) is 96.4 Å². The molecule has 664 valence electrons. The topological polar surface area (TPSA) is 248 Å². The third-order valence-electron chi connectivity index (χ3n) is 27.6. The highest BCUT2D eigenvalue weighted by Crippen LogP contribution is 2.45. The molecule has 15 aliphatic heterocycles. The van der Waals surface area contributed by atoms with Gasteiger partial charge >= 0.3 is 7.12 Å². The summed E-state index contributed by atoms with van der Waals surface area (Å²) >= 11 is 20.1. The molecule has 27 heteroatoms. The SMILES string of the molecule is C1OCC2CC1N2.CC1(C)OB(c2ccc3c4c(cccc24)C(=O)N3)OC1(C)C.ClCc1ccc(CCl)cc1.ClCc1ccc(CN2C3COCC2C3)cc1.O=C1CCC(Br)C(=O)N1.O=C1CCC(N2C(=O)c3cccc4c(Cc5ccc(CN6C7COCC6C7)cc5)ccc2c34)C(=O)N1.O=C1Nc2ccc(Cc3ccc(CN4C5COCC4C5)cc3)c3cccc1c23. The summed E-state index contributed by atoms with van der Waals surface area (Å²) in [7, 11) is -0.426. The maximum absolute atomic E-state index is 13.3. The number of fused-ring (bicyclic) bond motifs is 8. The number of amides is 7. The van der Waals surface area contributed by atoms with Crippen molar-refractivity contribution in [2.24, 2.45) is 0 Å². The number of hydrogen-bond donors (Lipinski definition) is 5. The summed E-state index contributed by atoms with van der Waals surface area (Å²) in [4.78, 5) is 91.8. The van der Waals surface area contributed by atoms with E-state index >= 15 is 0 Å². The first-order chi connectivity index (χ1) is 62.0. The average Bonchev–Trinajstić information content (AvgIpc) is 1.58. The minimum atomic E-state index is -0.665. The quantitative estimate of drug-likeness (QED) is 0.0364. The van der Waals surface area contributed by atoms with Gasteiger partial charge in [0.1, 0.15) is 6.04 Å². The molecule has 25 rings (SSSR count). The number of hydrogen-bond acceptors (Lipinski definition) is 17. The van der Waals surface area contributed by atoms with Gasteiger partial charge in [-0.2, -0.15) is 0 Å². The molecule has 22 nitrogen and oxygen atoms in total. The fourth-order valence-corrected chi connectivity index (χ4v) is 20.5. The van der Waals surface area contributed by atoms with Crippen molar-refractivity contribution in [3.05, 3.63) is 260 Å². The van der Waals surface area contributed by atoms with Crippen molar-refractivity contribution in [2.75, 3.05) is 68.4 Å². The summed E-state index contributed by atoms with van der Waals surface area (Å²) < 4.78 is 34.1. The molecule has 12 fully saturated rings. The van der Waals surface area contributed by atoms with Gasteiger partial charge in [-0.15, -0.1) is 34.8 Å². The van der Waals surface area contributed by atoms with E-state index in [0.717, 1.165) is 157 Å². The van der Waals surface area contributed by atoms with E-state index in [9.17, 15) is 33.6 Å². The molecule has 0 saturated carbocycles. The number of ether oxygens (including phenoxy) is 4. The van der Waals surface area contributed by atoms with Crippen molar-refractivity contribution in [3.8, 4) is 0 Å². The number of carbonyl (C=O) groups is 7. The highest BCUT2D eigenvalue weighted by Gasteiger charge is 2.53. The minimum absolute atomic E-state index is 0.00302. The molecule has 10 atom stereocenters. The fourth-order valence-electron chi connectivity index (χ4n) is 19.6.